The predicted molar refractivity (Wildman–Crippen MR) is 76.3 cm³/mol. The molecule has 0 amide bonds. The van der Waals surface area contributed by atoms with Crippen LogP contribution in [0, 0.1) is 5.92 Å². The third kappa shape index (κ3) is 4.41. The molecule has 2 N–H and O–H groups in total. The van der Waals surface area contributed by atoms with Crippen LogP contribution in [-0.4, -0.2) is 26.2 Å². The lowest BCUT2D eigenvalue weighted by Gasteiger charge is -2.22. The number of benzene rings is 1. The van der Waals surface area contributed by atoms with Crippen molar-refractivity contribution in [2.45, 2.75) is 19.3 Å². The van der Waals surface area contributed by atoms with Gasteiger partial charge in [-0.3, -0.25) is 0 Å². The molecule has 3 heteroatoms. The lowest BCUT2D eigenvalue weighted by Crippen LogP contribution is -2.34. The molecule has 1 aromatic carbocycles. The first-order valence-corrected chi connectivity index (χ1v) is 7.30. The van der Waals surface area contributed by atoms with Gasteiger partial charge in [0.2, 0.25) is 0 Å². The van der Waals surface area contributed by atoms with Crippen LogP contribution in [0.25, 0.3) is 0 Å². The molecule has 0 unspecified atom stereocenters. The third-order valence-corrected chi connectivity index (χ3v) is 4.19. The van der Waals surface area contributed by atoms with E-state index in [9.17, 15) is 0 Å². The molecule has 2 rings (SSSR count). The van der Waals surface area contributed by atoms with Gasteiger partial charge in [-0.15, -0.1) is 0 Å². The van der Waals surface area contributed by atoms with Crippen LogP contribution in [0.3, 0.4) is 0 Å². The zero-order chi connectivity index (χ0) is 11.9. The lowest BCUT2D eigenvalue weighted by atomic mass is 9.98. The minimum atomic E-state index is 0.871. The normalized spacial score (nSPS) is 17.2. The van der Waals surface area contributed by atoms with E-state index in [-0.39, 0.29) is 0 Å². The van der Waals surface area contributed by atoms with Crippen LogP contribution in [0.1, 0.15) is 18.4 Å². The van der Waals surface area contributed by atoms with Crippen LogP contribution in [0.4, 0.5) is 0 Å². The van der Waals surface area contributed by atoms with E-state index in [0.29, 0.717) is 0 Å². The Bertz CT molecular complexity index is 335. The van der Waals surface area contributed by atoms with Crippen LogP contribution in [0.15, 0.2) is 28.7 Å². The van der Waals surface area contributed by atoms with E-state index in [0.717, 1.165) is 18.9 Å². The highest BCUT2D eigenvalue weighted by Gasteiger charge is 2.11. The van der Waals surface area contributed by atoms with Crippen molar-refractivity contribution < 1.29 is 0 Å². The Kier molecular flexibility index (Phi) is 5.49. The molecule has 1 fully saturated rings. The van der Waals surface area contributed by atoms with Gasteiger partial charge in [0, 0.05) is 4.47 Å². The highest BCUT2D eigenvalue weighted by Crippen LogP contribution is 2.16. The number of hydrogen-bond donors (Lipinski definition) is 2. The van der Waals surface area contributed by atoms with Crippen LogP contribution in [0.2, 0.25) is 0 Å². The molecule has 94 valence electrons. The minimum absolute atomic E-state index is 0.871. The molecule has 0 spiro atoms. The molecule has 1 heterocycles. The smallest absolute Gasteiger partial charge is 0.0207 e. The summed E-state index contributed by atoms with van der Waals surface area (Å²) in [4.78, 5) is 0. The topological polar surface area (TPSA) is 24.1 Å². The van der Waals surface area contributed by atoms with Gasteiger partial charge in [0.15, 0.2) is 0 Å². The average molecular weight is 297 g/mol. The van der Waals surface area contributed by atoms with Crippen molar-refractivity contribution in [3.8, 4) is 0 Å². The minimum Gasteiger partial charge on any atom is -0.317 e. The Morgan fingerprint density at radius 3 is 2.76 bits per heavy atom. The van der Waals surface area contributed by atoms with Crippen molar-refractivity contribution in [1.82, 2.24) is 10.6 Å². The van der Waals surface area contributed by atoms with Crippen molar-refractivity contribution in [2.24, 2.45) is 5.92 Å². The molecular weight excluding hydrogens is 276 g/mol. The van der Waals surface area contributed by atoms with Crippen molar-refractivity contribution in [1.29, 1.82) is 0 Å². The van der Waals surface area contributed by atoms with Gasteiger partial charge in [-0.05, 0) is 63.0 Å². The number of halogens is 1. The fraction of sp³-hybridized carbons (Fsp3) is 0.571. The summed E-state index contributed by atoms with van der Waals surface area (Å²) in [6.45, 7) is 4.63. The standard InChI is InChI=1S/C14H21BrN2/c15-14-4-2-1-3-13(14)7-10-17-11-12-5-8-16-9-6-12/h1-4,12,16-17H,5-11H2. The highest BCUT2D eigenvalue weighted by atomic mass is 79.9. The molecular formula is C14H21BrN2. The summed E-state index contributed by atoms with van der Waals surface area (Å²) in [7, 11) is 0. The molecule has 2 nitrogen and oxygen atoms in total. The first-order chi connectivity index (χ1) is 8.36. The van der Waals surface area contributed by atoms with E-state index < -0.39 is 0 Å². The zero-order valence-corrected chi connectivity index (χ0v) is 11.8. The maximum absolute atomic E-state index is 3.59. The summed E-state index contributed by atoms with van der Waals surface area (Å²) in [5.74, 6) is 0.871. The molecule has 1 aliphatic heterocycles. The molecule has 1 saturated heterocycles. The van der Waals surface area contributed by atoms with E-state index >= 15 is 0 Å². The second kappa shape index (κ2) is 7.14. The van der Waals surface area contributed by atoms with Crippen LogP contribution >= 0.6 is 15.9 Å². The summed E-state index contributed by atoms with van der Waals surface area (Å²) in [6, 6.07) is 8.47. The van der Waals surface area contributed by atoms with E-state index in [4.69, 9.17) is 0 Å². The maximum Gasteiger partial charge on any atom is 0.0207 e. The fourth-order valence-electron chi connectivity index (χ4n) is 2.32. The zero-order valence-electron chi connectivity index (χ0n) is 10.2. The molecule has 0 saturated carbocycles. The lowest BCUT2D eigenvalue weighted by molar-refractivity contribution is 0.358. The van der Waals surface area contributed by atoms with Gasteiger partial charge in [0.25, 0.3) is 0 Å². The van der Waals surface area contributed by atoms with Gasteiger partial charge < -0.3 is 10.6 Å². The average Bonchev–Trinajstić information content (AvgIpc) is 2.38. The number of hydrogen-bond acceptors (Lipinski definition) is 2. The molecule has 1 aromatic rings. The third-order valence-electron chi connectivity index (χ3n) is 3.42. The van der Waals surface area contributed by atoms with Crippen LogP contribution in [-0.2, 0) is 6.42 Å². The SMILES string of the molecule is Brc1ccccc1CCNCC1CCNCC1. The molecule has 0 aromatic heterocycles. The summed E-state index contributed by atoms with van der Waals surface area (Å²) >= 11 is 3.59. The van der Waals surface area contributed by atoms with Gasteiger partial charge in [-0.25, -0.2) is 0 Å². The second-order valence-corrected chi connectivity index (χ2v) is 5.59. The summed E-state index contributed by atoms with van der Waals surface area (Å²) < 4.78 is 1.23. The van der Waals surface area contributed by atoms with Crippen LogP contribution < -0.4 is 10.6 Å². The van der Waals surface area contributed by atoms with E-state index in [1.165, 1.54) is 42.5 Å². The van der Waals surface area contributed by atoms with E-state index in [1.54, 1.807) is 0 Å². The largest absolute Gasteiger partial charge is 0.317 e. The Balaban J connectivity index is 1.64. The number of piperidine rings is 1. The first-order valence-electron chi connectivity index (χ1n) is 6.51. The van der Waals surface area contributed by atoms with E-state index in [2.05, 4.69) is 50.8 Å². The van der Waals surface area contributed by atoms with Gasteiger partial charge in [0.05, 0.1) is 0 Å². The van der Waals surface area contributed by atoms with Crippen molar-refractivity contribution >= 4 is 15.9 Å². The first kappa shape index (κ1) is 13.1. The molecule has 17 heavy (non-hydrogen) atoms. The van der Waals surface area contributed by atoms with Crippen molar-refractivity contribution in [2.75, 3.05) is 26.2 Å². The molecule has 0 aliphatic carbocycles. The quantitative estimate of drug-likeness (QED) is 0.816. The molecule has 0 atom stereocenters. The van der Waals surface area contributed by atoms with Crippen molar-refractivity contribution in [3.05, 3.63) is 34.3 Å². The molecule has 0 radical (unpaired) electrons. The van der Waals surface area contributed by atoms with Gasteiger partial charge in [-0.2, -0.15) is 0 Å². The summed E-state index contributed by atoms with van der Waals surface area (Å²) in [5.41, 5.74) is 1.39. The summed E-state index contributed by atoms with van der Waals surface area (Å²) in [6.07, 6.45) is 3.75. The Labute approximate surface area is 112 Å². The van der Waals surface area contributed by atoms with Gasteiger partial charge in [0.1, 0.15) is 0 Å². The van der Waals surface area contributed by atoms with Crippen molar-refractivity contribution in [3.63, 3.8) is 0 Å². The Hall–Kier alpha value is -0.380. The van der Waals surface area contributed by atoms with Gasteiger partial charge in [-0.1, -0.05) is 34.1 Å². The number of nitrogens with one attached hydrogen (secondary N) is 2. The monoisotopic (exact) mass is 296 g/mol. The summed E-state index contributed by atoms with van der Waals surface area (Å²) in [5, 5.41) is 6.99. The molecule has 1 aliphatic rings. The highest BCUT2D eigenvalue weighted by molar-refractivity contribution is 9.10. The van der Waals surface area contributed by atoms with Gasteiger partial charge >= 0.3 is 0 Å². The second-order valence-electron chi connectivity index (χ2n) is 4.74. The van der Waals surface area contributed by atoms with Crippen LogP contribution in [0.5, 0.6) is 0 Å². The van der Waals surface area contributed by atoms with E-state index in [1.807, 2.05) is 0 Å². The fourth-order valence-corrected chi connectivity index (χ4v) is 2.80. The molecule has 0 bridgehead atoms. The Morgan fingerprint density at radius 2 is 2.00 bits per heavy atom. The number of rotatable bonds is 5. The predicted octanol–water partition coefficient (Wildman–Crippen LogP) is 2.58. The maximum atomic E-state index is 3.59. The Morgan fingerprint density at radius 1 is 1.24 bits per heavy atom.